The zero-order valence-corrected chi connectivity index (χ0v) is 8.89. The maximum atomic E-state index is 11.6. The van der Waals surface area contributed by atoms with E-state index in [4.69, 9.17) is 10.9 Å². The van der Waals surface area contributed by atoms with Gasteiger partial charge in [0.2, 0.25) is 7.37 Å². The van der Waals surface area contributed by atoms with Crippen molar-refractivity contribution in [1.29, 1.82) is 0 Å². The van der Waals surface area contributed by atoms with Gasteiger partial charge in [-0.3, -0.25) is 4.57 Å². The molecule has 1 unspecified atom stereocenters. The molecule has 0 saturated carbocycles. The summed E-state index contributed by atoms with van der Waals surface area (Å²) in [7, 11) is -2.65. The molecule has 68 valence electrons. The average Bonchev–Trinajstić information content (AvgIpc) is 1.85. The molecule has 0 aromatic carbocycles. The molecule has 0 N–H and O–H groups in total. The van der Waals surface area contributed by atoms with Crippen LogP contribution in [0.5, 0.6) is 0 Å². The highest BCUT2D eigenvalue weighted by atomic mass is 31.2. The number of hydrogen-bond donors (Lipinski definition) is 0. The van der Waals surface area contributed by atoms with Crippen LogP contribution in [0.25, 0.3) is 0 Å². The maximum Gasteiger partial charge on any atom is 0.223 e. The first-order valence-electron chi connectivity index (χ1n) is 3.72. The molecule has 0 bridgehead atoms. The molecule has 0 fully saturated rings. The van der Waals surface area contributed by atoms with Crippen LogP contribution in [0.3, 0.4) is 0 Å². The van der Waals surface area contributed by atoms with Crippen molar-refractivity contribution < 1.29 is 9.09 Å². The summed E-state index contributed by atoms with van der Waals surface area (Å²) in [5.74, 6) is 3.98. The molecule has 0 saturated heterocycles. The Kier molecular flexibility index (Phi) is 3.77. The Labute approximate surface area is 74.5 Å². The molecule has 0 radical (unpaired) electrons. The third-order valence-corrected chi connectivity index (χ3v) is 2.84. The minimum absolute atomic E-state index is 0.760. The number of hydrogen-bond acceptors (Lipinski definition) is 2. The zero-order valence-electron chi connectivity index (χ0n) is 8.00. The summed E-state index contributed by atoms with van der Waals surface area (Å²) in [4.78, 5) is 0. The van der Waals surface area contributed by atoms with Crippen LogP contribution in [0.4, 0.5) is 0 Å². The van der Waals surface area contributed by atoms with Gasteiger partial charge in [0.15, 0.2) is 0 Å². The Morgan fingerprint density at radius 1 is 1.58 bits per heavy atom. The van der Waals surface area contributed by atoms with Crippen LogP contribution >= 0.6 is 7.37 Å². The third kappa shape index (κ3) is 4.38. The van der Waals surface area contributed by atoms with Crippen molar-refractivity contribution in [2.75, 3.05) is 6.66 Å². The second-order valence-electron chi connectivity index (χ2n) is 3.14. The topological polar surface area (TPSA) is 26.3 Å². The second kappa shape index (κ2) is 3.94. The van der Waals surface area contributed by atoms with Gasteiger partial charge in [0, 0.05) is 6.66 Å². The van der Waals surface area contributed by atoms with Crippen LogP contribution in [0, 0.1) is 12.3 Å². The van der Waals surface area contributed by atoms with E-state index < -0.39 is 13.0 Å². The van der Waals surface area contributed by atoms with E-state index in [0.29, 0.717) is 0 Å². The number of rotatable bonds is 3. The highest BCUT2D eigenvalue weighted by Gasteiger charge is 2.23. The lowest BCUT2D eigenvalue weighted by Gasteiger charge is -2.21. The molecule has 0 aromatic heterocycles. The summed E-state index contributed by atoms with van der Waals surface area (Å²) in [6.45, 7) is 6.77. The standard InChI is InChI=1S/C9H15O2P/c1-6-8-12(5,10)11-9(3,4)7-2/h2,6,8H,1,3-5H3. The van der Waals surface area contributed by atoms with Crippen molar-refractivity contribution in [2.24, 2.45) is 0 Å². The second-order valence-corrected chi connectivity index (χ2v) is 5.44. The lowest BCUT2D eigenvalue weighted by atomic mass is 10.2. The molecular formula is C9H15O2P. The highest BCUT2D eigenvalue weighted by molar-refractivity contribution is 7.61. The number of terminal acetylenes is 1. The van der Waals surface area contributed by atoms with E-state index in [2.05, 4.69) is 5.92 Å². The molecule has 0 amide bonds. The first-order valence-corrected chi connectivity index (χ1v) is 5.87. The van der Waals surface area contributed by atoms with Gasteiger partial charge in [-0.15, -0.1) is 6.42 Å². The van der Waals surface area contributed by atoms with Crippen molar-refractivity contribution in [3.05, 3.63) is 11.9 Å². The molecule has 3 heteroatoms. The first-order chi connectivity index (χ1) is 5.33. The van der Waals surface area contributed by atoms with Gasteiger partial charge in [-0.2, -0.15) is 0 Å². The molecule has 1 atom stereocenters. The Morgan fingerprint density at radius 3 is 2.42 bits per heavy atom. The summed E-state index contributed by atoms with van der Waals surface area (Å²) in [6, 6.07) is 0. The van der Waals surface area contributed by atoms with Crippen LogP contribution in [0.2, 0.25) is 0 Å². The van der Waals surface area contributed by atoms with Gasteiger partial charge >= 0.3 is 0 Å². The highest BCUT2D eigenvalue weighted by Crippen LogP contribution is 2.47. The molecular weight excluding hydrogens is 171 g/mol. The molecule has 12 heavy (non-hydrogen) atoms. The van der Waals surface area contributed by atoms with E-state index in [1.54, 1.807) is 39.3 Å². The van der Waals surface area contributed by atoms with Gasteiger partial charge in [0.1, 0.15) is 5.60 Å². The summed E-state index contributed by atoms with van der Waals surface area (Å²) in [5.41, 5.74) is -0.760. The van der Waals surface area contributed by atoms with E-state index in [1.807, 2.05) is 0 Å². The quantitative estimate of drug-likeness (QED) is 0.500. The first kappa shape index (κ1) is 11.5. The largest absolute Gasteiger partial charge is 0.307 e. The Hall–Kier alpha value is -0.510. The van der Waals surface area contributed by atoms with E-state index in [1.165, 1.54) is 0 Å². The van der Waals surface area contributed by atoms with Crippen LogP contribution in [0.1, 0.15) is 20.8 Å². The average molecular weight is 186 g/mol. The van der Waals surface area contributed by atoms with Crippen molar-refractivity contribution in [3.63, 3.8) is 0 Å². The fourth-order valence-electron chi connectivity index (χ4n) is 0.781. The molecule has 0 spiro atoms. The van der Waals surface area contributed by atoms with Crippen LogP contribution in [-0.4, -0.2) is 12.3 Å². The van der Waals surface area contributed by atoms with E-state index in [0.717, 1.165) is 0 Å². The number of allylic oxidation sites excluding steroid dienone is 1. The van der Waals surface area contributed by atoms with E-state index in [9.17, 15) is 4.57 Å². The summed E-state index contributed by atoms with van der Waals surface area (Å²) >= 11 is 0. The van der Waals surface area contributed by atoms with Crippen LogP contribution in [0.15, 0.2) is 11.9 Å². The summed E-state index contributed by atoms with van der Waals surface area (Å²) < 4.78 is 16.8. The fourth-order valence-corrected chi connectivity index (χ4v) is 2.34. The smallest absolute Gasteiger partial charge is 0.223 e. The Bertz CT molecular complexity index is 258. The monoisotopic (exact) mass is 186 g/mol. The van der Waals surface area contributed by atoms with Gasteiger partial charge in [0.05, 0.1) is 0 Å². The minimum atomic E-state index is -2.65. The molecule has 0 aliphatic rings. The third-order valence-electron chi connectivity index (χ3n) is 1.18. The van der Waals surface area contributed by atoms with Crippen molar-refractivity contribution >= 4 is 7.37 Å². The van der Waals surface area contributed by atoms with Gasteiger partial charge in [-0.05, 0) is 26.6 Å². The molecule has 2 nitrogen and oxygen atoms in total. The van der Waals surface area contributed by atoms with Gasteiger partial charge in [-0.1, -0.05) is 12.0 Å². The maximum absolute atomic E-state index is 11.6. The van der Waals surface area contributed by atoms with Crippen LogP contribution in [-0.2, 0) is 9.09 Å². The minimum Gasteiger partial charge on any atom is -0.307 e. The van der Waals surface area contributed by atoms with Gasteiger partial charge in [0.25, 0.3) is 0 Å². The predicted molar refractivity (Wildman–Crippen MR) is 52.3 cm³/mol. The van der Waals surface area contributed by atoms with Crippen molar-refractivity contribution in [2.45, 2.75) is 26.4 Å². The van der Waals surface area contributed by atoms with Gasteiger partial charge < -0.3 is 4.52 Å². The molecule has 0 heterocycles. The summed E-state index contributed by atoms with van der Waals surface area (Å²) in [6.07, 6.45) is 6.89. The van der Waals surface area contributed by atoms with Crippen LogP contribution < -0.4 is 0 Å². The van der Waals surface area contributed by atoms with Crippen molar-refractivity contribution in [3.8, 4) is 12.3 Å². The predicted octanol–water partition coefficient (Wildman–Crippen LogP) is 2.86. The molecule has 0 aliphatic carbocycles. The molecule has 0 rings (SSSR count). The zero-order chi connectivity index (χ0) is 9.83. The molecule has 0 aliphatic heterocycles. The SMILES string of the molecule is C#CC(C)(C)OP(C)(=O)C=CC. The Balaban J connectivity index is 4.48. The molecule has 0 aromatic rings. The van der Waals surface area contributed by atoms with E-state index >= 15 is 0 Å². The van der Waals surface area contributed by atoms with Gasteiger partial charge in [-0.25, -0.2) is 0 Å². The summed E-state index contributed by atoms with van der Waals surface area (Å²) in [5, 5.41) is 0. The van der Waals surface area contributed by atoms with Crippen molar-refractivity contribution in [1.82, 2.24) is 0 Å². The van der Waals surface area contributed by atoms with E-state index in [-0.39, 0.29) is 0 Å². The lowest BCUT2D eigenvalue weighted by molar-refractivity contribution is 0.181. The Morgan fingerprint density at radius 2 is 2.08 bits per heavy atom. The lowest BCUT2D eigenvalue weighted by Crippen LogP contribution is -2.19. The fraction of sp³-hybridized carbons (Fsp3) is 0.556. The normalized spacial score (nSPS) is 17.2.